The zero-order valence-corrected chi connectivity index (χ0v) is 12.0. The van der Waals surface area contributed by atoms with Crippen LogP contribution in [-0.4, -0.2) is 29.7 Å². The molecule has 0 unspecified atom stereocenters. The van der Waals surface area contributed by atoms with Gasteiger partial charge < -0.3 is 9.64 Å². The predicted molar refractivity (Wildman–Crippen MR) is 72.1 cm³/mol. The van der Waals surface area contributed by atoms with Crippen LogP contribution >= 0.6 is 0 Å². The third-order valence-corrected chi connectivity index (χ3v) is 2.07. The van der Waals surface area contributed by atoms with Crippen molar-refractivity contribution in [3.05, 3.63) is 12.7 Å². The lowest BCUT2D eigenvalue weighted by Crippen LogP contribution is -2.39. The molecule has 0 saturated carbocycles. The molecule has 0 spiro atoms. The van der Waals surface area contributed by atoms with E-state index >= 15 is 0 Å². The lowest BCUT2D eigenvalue weighted by atomic mass is 10.2. The van der Waals surface area contributed by atoms with Crippen LogP contribution in [0.1, 0.15) is 47.5 Å². The van der Waals surface area contributed by atoms with Crippen molar-refractivity contribution in [1.29, 1.82) is 0 Å². The first kappa shape index (κ1) is 16.0. The second kappa shape index (κ2) is 7.36. The molecule has 0 bridgehead atoms. The van der Waals surface area contributed by atoms with Gasteiger partial charge in [-0.2, -0.15) is 0 Å². The van der Waals surface area contributed by atoms with Crippen molar-refractivity contribution < 1.29 is 9.53 Å². The highest BCUT2D eigenvalue weighted by atomic mass is 16.6. The number of allylic oxidation sites excluding steroid dienone is 1. The van der Waals surface area contributed by atoms with Crippen LogP contribution in [-0.2, 0) is 4.74 Å². The second-order valence-electron chi connectivity index (χ2n) is 5.75. The molecule has 0 radical (unpaired) electrons. The van der Waals surface area contributed by atoms with Crippen molar-refractivity contribution >= 4 is 6.09 Å². The van der Waals surface area contributed by atoms with Gasteiger partial charge in [0.1, 0.15) is 5.60 Å². The Balaban J connectivity index is 4.34. The fraction of sp³-hybridized carbons (Fsp3) is 0.786. The summed E-state index contributed by atoms with van der Waals surface area (Å²) < 4.78 is 5.39. The van der Waals surface area contributed by atoms with E-state index in [1.54, 1.807) is 4.90 Å². The van der Waals surface area contributed by atoms with Crippen molar-refractivity contribution in [3.63, 3.8) is 0 Å². The minimum Gasteiger partial charge on any atom is -0.444 e. The Labute approximate surface area is 106 Å². The van der Waals surface area contributed by atoms with Crippen LogP contribution in [0.25, 0.3) is 0 Å². The van der Waals surface area contributed by atoms with Crippen molar-refractivity contribution in [1.82, 2.24) is 4.90 Å². The quantitative estimate of drug-likeness (QED) is 0.522. The molecule has 0 saturated heterocycles. The van der Waals surface area contributed by atoms with E-state index in [9.17, 15) is 4.79 Å². The van der Waals surface area contributed by atoms with Crippen LogP contribution in [0, 0.1) is 5.92 Å². The number of nitrogens with zero attached hydrogens (tertiary/aromatic N) is 1. The van der Waals surface area contributed by atoms with Gasteiger partial charge in [0.15, 0.2) is 0 Å². The van der Waals surface area contributed by atoms with Gasteiger partial charge in [0, 0.05) is 13.1 Å². The van der Waals surface area contributed by atoms with Gasteiger partial charge in [-0.3, -0.25) is 0 Å². The molecular weight excluding hydrogens is 214 g/mol. The fourth-order valence-corrected chi connectivity index (χ4v) is 1.45. The number of amides is 1. The topological polar surface area (TPSA) is 29.5 Å². The molecule has 0 heterocycles. The molecule has 100 valence electrons. The summed E-state index contributed by atoms with van der Waals surface area (Å²) >= 11 is 0. The van der Waals surface area contributed by atoms with Gasteiger partial charge in [-0.1, -0.05) is 19.9 Å². The third kappa shape index (κ3) is 8.78. The molecule has 3 heteroatoms. The summed E-state index contributed by atoms with van der Waals surface area (Å²) in [5.41, 5.74) is -0.426. The van der Waals surface area contributed by atoms with E-state index < -0.39 is 5.60 Å². The molecule has 0 fully saturated rings. The van der Waals surface area contributed by atoms with Crippen molar-refractivity contribution in [2.45, 2.75) is 53.1 Å². The van der Waals surface area contributed by atoms with Crippen molar-refractivity contribution in [2.24, 2.45) is 5.92 Å². The number of carbonyl (C=O) groups excluding carboxylic acids is 1. The summed E-state index contributed by atoms with van der Waals surface area (Å²) in [5.74, 6) is 0.450. The van der Waals surface area contributed by atoms with E-state index in [0.29, 0.717) is 5.92 Å². The highest BCUT2D eigenvalue weighted by Crippen LogP contribution is 2.12. The van der Waals surface area contributed by atoms with Crippen LogP contribution in [0.3, 0.4) is 0 Å². The Bertz CT molecular complexity index is 241. The molecule has 0 N–H and O–H groups in total. The average Bonchev–Trinajstić information content (AvgIpc) is 2.13. The zero-order chi connectivity index (χ0) is 13.5. The summed E-state index contributed by atoms with van der Waals surface area (Å²) in [7, 11) is 0. The van der Waals surface area contributed by atoms with Gasteiger partial charge in [-0.05, 0) is 39.5 Å². The molecule has 0 aliphatic carbocycles. The van der Waals surface area contributed by atoms with Crippen LogP contribution in [0.4, 0.5) is 4.79 Å². The van der Waals surface area contributed by atoms with Gasteiger partial charge in [0.25, 0.3) is 0 Å². The maximum Gasteiger partial charge on any atom is 0.410 e. The first-order chi connectivity index (χ1) is 7.76. The van der Waals surface area contributed by atoms with Gasteiger partial charge in [-0.25, -0.2) is 4.79 Å². The Kier molecular flexibility index (Phi) is 6.93. The highest BCUT2D eigenvalue weighted by Gasteiger charge is 2.22. The standard InChI is InChI=1S/C14H27NO2/c1-7-8-9-10-15(11-12(2)3)13(16)17-14(4,5)6/h7,12H,1,8-11H2,2-6H3. The lowest BCUT2D eigenvalue weighted by molar-refractivity contribution is 0.0227. The number of rotatable bonds is 6. The van der Waals surface area contributed by atoms with Crippen LogP contribution in [0.5, 0.6) is 0 Å². The van der Waals surface area contributed by atoms with E-state index in [4.69, 9.17) is 4.74 Å². The van der Waals surface area contributed by atoms with E-state index in [1.807, 2.05) is 26.8 Å². The second-order valence-corrected chi connectivity index (χ2v) is 5.75. The monoisotopic (exact) mass is 241 g/mol. The van der Waals surface area contributed by atoms with E-state index in [2.05, 4.69) is 20.4 Å². The van der Waals surface area contributed by atoms with Crippen molar-refractivity contribution in [2.75, 3.05) is 13.1 Å². The number of unbranched alkanes of at least 4 members (excludes halogenated alkanes) is 1. The van der Waals surface area contributed by atoms with Gasteiger partial charge in [-0.15, -0.1) is 6.58 Å². The average molecular weight is 241 g/mol. The van der Waals surface area contributed by atoms with E-state index in [-0.39, 0.29) is 6.09 Å². The SMILES string of the molecule is C=CCCCN(CC(C)C)C(=O)OC(C)(C)C. The molecule has 0 aromatic rings. The largest absolute Gasteiger partial charge is 0.444 e. The lowest BCUT2D eigenvalue weighted by Gasteiger charge is -2.28. The molecule has 0 aliphatic rings. The maximum absolute atomic E-state index is 12.0. The van der Waals surface area contributed by atoms with Crippen LogP contribution in [0.15, 0.2) is 12.7 Å². The summed E-state index contributed by atoms with van der Waals surface area (Å²) in [4.78, 5) is 13.8. The van der Waals surface area contributed by atoms with Crippen LogP contribution < -0.4 is 0 Å². The van der Waals surface area contributed by atoms with Gasteiger partial charge >= 0.3 is 6.09 Å². The minimum atomic E-state index is -0.426. The van der Waals surface area contributed by atoms with Crippen LogP contribution in [0.2, 0.25) is 0 Å². The minimum absolute atomic E-state index is 0.213. The predicted octanol–water partition coefficient (Wildman–Crippen LogP) is 3.85. The molecule has 0 aromatic carbocycles. The smallest absolute Gasteiger partial charge is 0.410 e. The molecule has 1 amide bonds. The molecule has 3 nitrogen and oxygen atoms in total. The molecule has 0 rings (SSSR count). The summed E-state index contributed by atoms with van der Waals surface area (Å²) in [5, 5.41) is 0. The molecule has 0 atom stereocenters. The first-order valence-electron chi connectivity index (χ1n) is 6.35. The number of hydrogen-bond donors (Lipinski definition) is 0. The Morgan fingerprint density at radius 1 is 1.41 bits per heavy atom. The normalized spacial score (nSPS) is 11.4. The number of hydrogen-bond acceptors (Lipinski definition) is 2. The Morgan fingerprint density at radius 3 is 2.41 bits per heavy atom. The zero-order valence-electron chi connectivity index (χ0n) is 12.0. The van der Waals surface area contributed by atoms with Crippen molar-refractivity contribution in [3.8, 4) is 0 Å². The first-order valence-corrected chi connectivity index (χ1v) is 6.35. The molecular formula is C14H27NO2. The van der Waals surface area contributed by atoms with Gasteiger partial charge in [0.2, 0.25) is 0 Å². The molecule has 0 aromatic heterocycles. The fourth-order valence-electron chi connectivity index (χ4n) is 1.45. The molecule has 0 aliphatic heterocycles. The maximum atomic E-state index is 12.0. The summed E-state index contributed by atoms with van der Waals surface area (Å²) in [6.07, 6.45) is 3.53. The summed E-state index contributed by atoms with van der Waals surface area (Å²) in [6, 6.07) is 0. The van der Waals surface area contributed by atoms with E-state index in [0.717, 1.165) is 25.9 Å². The molecule has 17 heavy (non-hydrogen) atoms. The third-order valence-electron chi connectivity index (χ3n) is 2.07. The Hall–Kier alpha value is -0.990. The highest BCUT2D eigenvalue weighted by molar-refractivity contribution is 5.68. The number of carbonyl (C=O) groups is 1. The number of ether oxygens (including phenoxy) is 1. The summed E-state index contributed by atoms with van der Waals surface area (Å²) in [6.45, 7) is 15.0. The Morgan fingerprint density at radius 2 is 2.00 bits per heavy atom. The van der Waals surface area contributed by atoms with E-state index in [1.165, 1.54) is 0 Å². The van der Waals surface area contributed by atoms with Gasteiger partial charge in [0.05, 0.1) is 0 Å².